The van der Waals surface area contributed by atoms with Gasteiger partial charge in [-0.25, -0.2) is 0 Å². The van der Waals surface area contributed by atoms with E-state index < -0.39 is 0 Å². The van der Waals surface area contributed by atoms with Crippen LogP contribution in [0.15, 0.2) is 24.3 Å². The van der Waals surface area contributed by atoms with Gasteiger partial charge >= 0.3 is 5.97 Å². The number of hydrogen-bond donors (Lipinski definition) is 0. The molecule has 174 valence electrons. The van der Waals surface area contributed by atoms with E-state index in [1.807, 2.05) is 0 Å². The molecular weight excluding hydrogens is 402 g/mol. The summed E-state index contributed by atoms with van der Waals surface area (Å²) in [4.78, 5) is 15.5. The first kappa shape index (κ1) is 21.8. The number of rotatable bonds is 4. The minimum absolute atomic E-state index is 0.0122. The number of hydrogen-bond acceptors (Lipinski definition) is 5. The second-order valence-corrected chi connectivity index (χ2v) is 10.7. The van der Waals surface area contributed by atoms with Crippen LogP contribution in [0.5, 0.6) is 11.5 Å². The molecule has 0 N–H and O–H groups in total. The Morgan fingerprint density at radius 2 is 1.97 bits per heavy atom. The largest absolute Gasteiger partial charge is 0.493 e. The molecule has 2 heterocycles. The minimum Gasteiger partial charge on any atom is -0.493 e. The molecule has 0 bridgehead atoms. The second kappa shape index (κ2) is 8.09. The summed E-state index contributed by atoms with van der Waals surface area (Å²) in [5.41, 5.74) is 4.23. The van der Waals surface area contributed by atoms with Gasteiger partial charge in [-0.2, -0.15) is 0 Å². The summed E-state index contributed by atoms with van der Waals surface area (Å²) in [6.45, 7) is 10.8. The Morgan fingerprint density at radius 1 is 1.22 bits per heavy atom. The molecule has 0 spiro atoms. The van der Waals surface area contributed by atoms with Crippen LogP contribution in [0, 0.1) is 23.2 Å². The van der Waals surface area contributed by atoms with Gasteiger partial charge < -0.3 is 14.2 Å². The third kappa shape index (κ3) is 3.44. The smallest absolute Gasteiger partial charge is 0.310 e. The summed E-state index contributed by atoms with van der Waals surface area (Å²) < 4.78 is 17.1. The van der Waals surface area contributed by atoms with Gasteiger partial charge in [-0.15, -0.1) is 0 Å². The molecule has 2 aliphatic carbocycles. The van der Waals surface area contributed by atoms with Crippen LogP contribution in [0.3, 0.4) is 0 Å². The number of allylic oxidation sites excluding steroid dienone is 1. The van der Waals surface area contributed by atoms with Gasteiger partial charge in [0.1, 0.15) is 6.10 Å². The van der Waals surface area contributed by atoms with E-state index in [0.29, 0.717) is 11.8 Å². The average Bonchev–Trinajstić information content (AvgIpc) is 3.06. The van der Waals surface area contributed by atoms with Gasteiger partial charge in [-0.3, -0.25) is 9.69 Å². The van der Waals surface area contributed by atoms with Crippen molar-refractivity contribution in [2.24, 2.45) is 23.2 Å². The molecule has 6 atom stereocenters. The van der Waals surface area contributed by atoms with Crippen molar-refractivity contribution in [2.75, 3.05) is 27.3 Å². The lowest BCUT2D eigenvalue weighted by atomic mass is 9.55. The van der Waals surface area contributed by atoms with Gasteiger partial charge in [0.15, 0.2) is 11.5 Å². The fourth-order valence-corrected chi connectivity index (χ4v) is 7.16. The SMILES string of the molecule is C=C1CCC[C@]2(C)C[C@H]3OC(=O)C(CN4CCc5cc(OC)c(OC)cc5[C@@H]4C)[C@H]3C[C@@H]12. The summed E-state index contributed by atoms with van der Waals surface area (Å²) in [7, 11) is 3.36. The Kier molecular flexibility index (Phi) is 5.51. The number of nitrogens with zero attached hydrogens (tertiary/aromatic N) is 1. The molecule has 1 saturated heterocycles. The molecule has 0 aromatic heterocycles. The van der Waals surface area contributed by atoms with E-state index in [4.69, 9.17) is 14.2 Å². The summed E-state index contributed by atoms with van der Waals surface area (Å²) in [6.07, 6.45) is 6.68. The van der Waals surface area contributed by atoms with Crippen molar-refractivity contribution in [1.82, 2.24) is 4.90 Å². The summed E-state index contributed by atoms with van der Waals surface area (Å²) >= 11 is 0. The van der Waals surface area contributed by atoms with Gasteiger partial charge in [-0.1, -0.05) is 19.1 Å². The van der Waals surface area contributed by atoms with E-state index in [-0.39, 0.29) is 29.4 Å². The maximum atomic E-state index is 13.0. The van der Waals surface area contributed by atoms with Crippen molar-refractivity contribution in [3.63, 3.8) is 0 Å². The molecule has 1 unspecified atom stereocenters. The lowest BCUT2D eigenvalue weighted by molar-refractivity contribution is -0.146. The van der Waals surface area contributed by atoms with Crippen LogP contribution >= 0.6 is 0 Å². The molecule has 2 aliphatic heterocycles. The predicted octanol–water partition coefficient (Wildman–Crippen LogP) is 4.94. The van der Waals surface area contributed by atoms with Gasteiger partial charge in [0.2, 0.25) is 0 Å². The number of benzene rings is 1. The van der Waals surface area contributed by atoms with E-state index in [0.717, 1.165) is 50.3 Å². The van der Waals surface area contributed by atoms with Crippen molar-refractivity contribution < 1.29 is 19.0 Å². The van der Waals surface area contributed by atoms with Crippen LogP contribution in [0.1, 0.15) is 63.1 Å². The van der Waals surface area contributed by atoms with Gasteiger partial charge in [0.25, 0.3) is 0 Å². The highest BCUT2D eigenvalue weighted by molar-refractivity contribution is 5.75. The van der Waals surface area contributed by atoms with E-state index in [9.17, 15) is 4.79 Å². The van der Waals surface area contributed by atoms with Crippen molar-refractivity contribution in [1.29, 1.82) is 0 Å². The van der Waals surface area contributed by atoms with Crippen molar-refractivity contribution in [2.45, 2.75) is 64.5 Å². The highest BCUT2D eigenvalue weighted by Crippen LogP contribution is 2.57. The zero-order chi connectivity index (χ0) is 22.6. The molecule has 5 rings (SSSR count). The Bertz CT molecular complexity index is 926. The maximum Gasteiger partial charge on any atom is 0.310 e. The molecule has 5 nitrogen and oxygen atoms in total. The fourth-order valence-electron chi connectivity index (χ4n) is 7.16. The zero-order valence-electron chi connectivity index (χ0n) is 20.0. The predicted molar refractivity (Wildman–Crippen MR) is 124 cm³/mol. The first-order valence-electron chi connectivity index (χ1n) is 12.2. The Hall–Kier alpha value is -2.01. The van der Waals surface area contributed by atoms with Gasteiger partial charge in [-0.05, 0) is 80.0 Å². The second-order valence-electron chi connectivity index (χ2n) is 10.7. The normalized spacial score (nSPS) is 36.7. The lowest BCUT2D eigenvalue weighted by Gasteiger charge is -2.50. The Labute approximate surface area is 192 Å². The van der Waals surface area contributed by atoms with E-state index in [2.05, 4.69) is 37.5 Å². The van der Waals surface area contributed by atoms with Gasteiger partial charge in [0.05, 0.1) is 20.1 Å². The molecule has 0 radical (unpaired) electrons. The van der Waals surface area contributed by atoms with Crippen LogP contribution in [0.25, 0.3) is 0 Å². The van der Waals surface area contributed by atoms with Crippen molar-refractivity contribution >= 4 is 5.97 Å². The number of fused-ring (bicyclic) bond motifs is 3. The van der Waals surface area contributed by atoms with Crippen LogP contribution < -0.4 is 9.47 Å². The Morgan fingerprint density at radius 3 is 2.72 bits per heavy atom. The molecule has 5 heteroatoms. The van der Waals surface area contributed by atoms with Crippen LogP contribution in [0.4, 0.5) is 0 Å². The third-order valence-corrected chi connectivity index (χ3v) is 9.06. The summed E-state index contributed by atoms with van der Waals surface area (Å²) in [6, 6.07) is 4.45. The van der Waals surface area contributed by atoms with E-state index in [1.165, 1.54) is 29.5 Å². The lowest BCUT2D eigenvalue weighted by Crippen LogP contribution is -2.46. The van der Waals surface area contributed by atoms with E-state index >= 15 is 0 Å². The van der Waals surface area contributed by atoms with Crippen LogP contribution in [-0.4, -0.2) is 44.3 Å². The maximum absolute atomic E-state index is 13.0. The molecule has 3 fully saturated rings. The Balaban J connectivity index is 1.35. The molecule has 1 aromatic carbocycles. The number of carbonyl (C=O) groups is 1. The summed E-state index contributed by atoms with van der Waals surface area (Å²) in [5, 5.41) is 0. The zero-order valence-corrected chi connectivity index (χ0v) is 20.0. The average molecular weight is 440 g/mol. The topological polar surface area (TPSA) is 48.0 Å². The number of ether oxygens (including phenoxy) is 3. The molecule has 4 aliphatic rings. The van der Waals surface area contributed by atoms with Crippen LogP contribution in [0.2, 0.25) is 0 Å². The van der Waals surface area contributed by atoms with Crippen molar-refractivity contribution in [3.8, 4) is 11.5 Å². The summed E-state index contributed by atoms with van der Waals surface area (Å²) in [5.74, 6) is 2.37. The molecule has 32 heavy (non-hydrogen) atoms. The minimum atomic E-state index is -0.0385. The first-order valence-corrected chi connectivity index (χ1v) is 12.2. The number of esters is 1. The first-order chi connectivity index (χ1) is 15.3. The standard InChI is InChI=1S/C27H37NO4/c1-16-7-6-9-27(3)14-25-20(12-22(16)27)21(26(29)32-25)15-28-10-8-18-11-23(30-4)24(31-5)13-19(18)17(28)2/h11,13,17,20-22,25H,1,6-10,12,14-15H2,2-5H3/t17-,20+,21?,22-,25+,27+/m0/s1. The highest BCUT2D eigenvalue weighted by Gasteiger charge is 2.55. The van der Waals surface area contributed by atoms with Crippen LogP contribution in [-0.2, 0) is 16.0 Å². The van der Waals surface area contributed by atoms with Gasteiger partial charge in [0, 0.05) is 25.0 Å². The molecular formula is C27H37NO4. The monoisotopic (exact) mass is 439 g/mol. The molecule has 2 saturated carbocycles. The highest BCUT2D eigenvalue weighted by atomic mass is 16.6. The van der Waals surface area contributed by atoms with Crippen molar-refractivity contribution in [3.05, 3.63) is 35.4 Å². The fraction of sp³-hybridized carbons (Fsp3) is 0.667. The number of carbonyl (C=O) groups excluding carboxylic acids is 1. The number of methoxy groups -OCH3 is 2. The molecule has 1 aromatic rings. The molecule has 0 amide bonds. The van der Waals surface area contributed by atoms with E-state index in [1.54, 1.807) is 14.2 Å². The quantitative estimate of drug-likeness (QED) is 0.491. The third-order valence-electron chi connectivity index (χ3n) is 9.06.